The Kier molecular flexibility index (Phi) is 7.71. The van der Waals surface area contributed by atoms with Gasteiger partial charge in [0.2, 0.25) is 0 Å². The number of nitrogens with one attached hydrogen (secondary N) is 2. The molecule has 1 aromatic carbocycles. The van der Waals surface area contributed by atoms with E-state index in [1.165, 1.54) is 6.07 Å². The van der Waals surface area contributed by atoms with E-state index < -0.39 is 11.7 Å². The van der Waals surface area contributed by atoms with Gasteiger partial charge in [-0.25, -0.2) is 0 Å². The molecule has 2 rings (SSSR count). The van der Waals surface area contributed by atoms with Gasteiger partial charge in [-0.3, -0.25) is 9.67 Å². The number of rotatable bonds is 8. The summed E-state index contributed by atoms with van der Waals surface area (Å²) in [4.78, 5) is 4.05. The maximum absolute atomic E-state index is 13.4. The highest BCUT2D eigenvalue weighted by atomic mass is 19.4. The standard InChI is InChI=1S/C19H26F3N5O/c1-14(2)28-16-7-6-15(17(12-16)19(20,21)22)13-25-18(23-3)24-8-4-10-27-11-5-9-26-27/h5-7,9,11-12,14H,4,8,10,13H2,1-3H3,(H2,23,24,25). The first kappa shape index (κ1) is 21.6. The van der Waals surface area contributed by atoms with E-state index in [-0.39, 0.29) is 24.0 Å². The van der Waals surface area contributed by atoms with Crippen molar-refractivity contribution < 1.29 is 17.9 Å². The van der Waals surface area contributed by atoms with Gasteiger partial charge in [-0.05, 0) is 44.0 Å². The first-order valence-electron chi connectivity index (χ1n) is 9.08. The number of ether oxygens (including phenoxy) is 1. The second-order valence-corrected chi connectivity index (χ2v) is 6.46. The molecule has 0 bridgehead atoms. The summed E-state index contributed by atoms with van der Waals surface area (Å²) in [6, 6.07) is 5.87. The van der Waals surface area contributed by atoms with E-state index in [4.69, 9.17) is 4.74 Å². The van der Waals surface area contributed by atoms with Crippen LogP contribution in [0.1, 0.15) is 31.4 Å². The quantitative estimate of drug-likeness (QED) is 0.407. The maximum Gasteiger partial charge on any atom is 0.416 e. The molecule has 0 radical (unpaired) electrons. The van der Waals surface area contributed by atoms with Crippen LogP contribution in [0.4, 0.5) is 13.2 Å². The topological polar surface area (TPSA) is 63.5 Å². The number of alkyl halides is 3. The second-order valence-electron chi connectivity index (χ2n) is 6.46. The van der Waals surface area contributed by atoms with Gasteiger partial charge in [-0.2, -0.15) is 18.3 Å². The maximum atomic E-state index is 13.4. The predicted molar refractivity (Wildman–Crippen MR) is 102 cm³/mol. The molecule has 2 N–H and O–H groups in total. The number of hydrogen-bond acceptors (Lipinski definition) is 3. The zero-order chi connectivity index (χ0) is 20.6. The molecule has 0 aliphatic rings. The van der Waals surface area contributed by atoms with E-state index in [9.17, 15) is 13.2 Å². The van der Waals surface area contributed by atoms with Crippen LogP contribution in [-0.4, -0.2) is 35.4 Å². The van der Waals surface area contributed by atoms with Crippen LogP contribution in [0.25, 0.3) is 0 Å². The van der Waals surface area contributed by atoms with Gasteiger partial charge in [0.15, 0.2) is 5.96 Å². The van der Waals surface area contributed by atoms with Crippen LogP contribution in [0, 0.1) is 0 Å². The van der Waals surface area contributed by atoms with Crippen molar-refractivity contribution >= 4 is 5.96 Å². The lowest BCUT2D eigenvalue weighted by Crippen LogP contribution is -2.38. The van der Waals surface area contributed by atoms with Crippen molar-refractivity contribution in [2.24, 2.45) is 4.99 Å². The van der Waals surface area contributed by atoms with Crippen molar-refractivity contribution in [1.29, 1.82) is 0 Å². The average molecular weight is 397 g/mol. The number of aromatic nitrogens is 2. The second kappa shape index (κ2) is 10.0. The molecular weight excluding hydrogens is 371 g/mol. The van der Waals surface area contributed by atoms with Crippen LogP contribution in [0.2, 0.25) is 0 Å². The highest BCUT2D eigenvalue weighted by Gasteiger charge is 2.33. The van der Waals surface area contributed by atoms with E-state index in [0.717, 1.165) is 19.0 Å². The fraction of sp³-hybridized carbons (Fsp3) is 0.474. The minimum atomic E-state index is -4.46. The van der Waals surface area contributed by atoms with Gasteiger partial charge >= 0.3 is 6.18 Å². The zero-order valence-corrected chi connectivity index (χ0v) is 16.3. The molecule has 0 fully saturated rings. The molecule has 1 heterocycles. The lowest BCUT2D eigenvalue weighted by Gasteiger charge is -2.18. The van der Waals surface area contributed by atoms with Gasteiger partial charge in [-0.1, -0.05) is 6.07 Å². The van der Waals surface area contributed by atoms with Crippen molar-refractivity contribution in [3.8, 4) is 5.75 Å². The average Bonchev–Trinajstić information content (AvgIpc) is 3.14. The van der Waals surface area contributed by atoms with Crippen LogP contribution < -0.4 is 15.4 Å². The number of aliphatic imine (C=N–C) groups is 1. The van der Waals surface area contributed by atoms with E-state index in [1.807, 2.05) is 16.9 Å². The number of aryl methyl sites for hydroxylation is 1. The van der Waals surface area contributed by atoms with Crippen LogP contribution in [-0.2, 0) is 19.3 Å². The monoisotopic (exact) mass is 397 g/mol. The Balaban J connectivity index is 1.93. The normalized spacial score (nSPS) is 12.3. The molecule has 6 nitrogen and oxygen atoms in total. The smallest absolute Gasteiger partial charge is 0.416 e. The third kappa shape index (κ3) is 6.79. The Morgan fingerprint density at radius 2 is 2.07 bits per heavy atom. The summed E-state index contributed by atoms with van der Waals surface area (Å²) in [7, 11) is 1.58. The summed E-state index contributed by atoms with van der Waals surface area (Å²) in [6.45, 7) is 4.89. The highest BCUT2D eigenvalue weighted by molar-refractivity contribution is 5.79. The van der Waals surface area contributed by atoms with E-state index in [1.54, 1.807) is 33.2 Å². The summed E-state index contributed by atoms with van der Waals surface area (Å²) in [5.74, 6) is 0.642. The summed E-state index contributed by atoms with van der Waals surface area (Å²) < 4.78 is 47.5. The Hall–Kier alpha value is -2.71. The van der Waals surface area contributed by atoms with Gasteiger partial charge in [-0.15, -0.1) is 0 Å². The van der Waals surface area contributed by atoms with E-state index in [2.05, 4.69) is 20.7 Å². The molecule has 1 aromatic heterocycles. The van der Waals surface area contributed by atoms with Crippen molar-refractivity contribution in [1.82, 2.24) is 20.4 Å². The van der Waals surface area contributed by atoms with Crippen molar-refractivity contribution in [3.63, 3.8) is 0 Å². The Morgan fingerprint density at radius 1 is 1.29 bits per heavy atom. The Labute approximate surface area is 162 Å². The Bertz CT molecular complexity index is 757. The van der Waals surface area contributed by atoms with Crippen LogP contribution >= 0.6 is 0 Å². The van der Waals surface area contributed by atoms with E-state index in [0.29, 0.717) is 12.5 Å². The highest BCUT2D eigenvalue weighted by Crippen LogP contribution is 2.34. The molecule has 154 valence electrons. The lowest BCUT2D eigenvalue weighted by atomic mass is 10.1. The minimum Gasteiger partial charge on any atom is -0.491 e. The first-order valence-corrected chi connectivity index (χ1v) is 9.08. The minimum absolute atomic E-state index is 0.00433. The van der Waals surface area contributed by atoms with Gasteiger partial charge in [0.05, 0.1) is 11.7 Å². The number of guanidine groups is 1. The molecule has 2 aromatic rings. The zero-order valence-electron chi connectivity index (χ0n) is 16.3. The number of hydrogen-bond donors (Lipinski definition) is 2. The van der Waals surface area contributed by atoms with Gasteiger partial charge < -0.3 is 15.4 Å². The lowest BCUT2D eigenvalue weighted by molar-refractivity contribution is -0.138. The summed E-state index contributed by atoms with van der Waals surface area (Å²) in [6.07, 6.45) is -0.275. The van der Waals surface area contributed by atoms with Crippen LogP contribution in [0.15, 0.2) is 41.7 Å². The molecule has 9 heteroatoms. The molecule has 0 aliphatic carbocycles. The van der Waals surface area contributed by atoms with E-state index >= 15 is 0 Å². The molecule has 0 spiro atoms. The number of benzene rings is 1. The summed E-state index contributed by atoms with van der Waals surface area (Å²) >= 11 is 0. The first-order chi connectivity index (χ1) is 13.3. The molecule has 0 aliphatic heterocycles. The predicted octanol–water partition coefficient (Wildman–Crippen LogP) is 3.44. The molecule has 0 amide bonds. The third-order valence-corrected chi connectivity index (χ3v) is 3.84. The summed E-state index contributed by atoms with van der Waals surface area (Å²) in [5, 5.41) is 10.1. The molecule has 28 heavy (non-hydrogen) atoms. The fourth-order valence-corrected chi connectivity index (χ4v) is 2.60. The molecule has 0 atom stereocenters. The molecule has 0 unspecified atom stereocenters. The molecule has 0 saturated heterocycles. The number of nitrogens with zero attached hydrogens (tertiary/aromatic N) is 3. The van der Waals surface area contributed by atoms with Crippen molar-refractivity contribution in [2.75, 3.05) is 13.6 Å². The molecular formula is C19H26F3N5O. The number of halogens is 3. The van der Waals surface area contributed by atoms with Crippen molar-refractivity contribution in [2.45, 2.75) is 45.6 Å². The van der Waals surface area contributed by atoms with Crippen LogP contribution in [0.3, 0.4) is 0 Å². The SMILES string of the molecule is CN=C(NCCCn1cccn1)NCc1ccc(OC(C)C)cc1C(F)(F)F. The van der Waals surface area contributed by atoms with Gasteiger partial charge in [0, 0.05) is 39.1 Å². The third-order valence-electron chi connectivity index (χ3n) is 3.84. The van der Waals surface area contributed by atoms with Crippen molar-refractivity contribution in [3.05, 3.63) is 47.8 Å². The van der Waals surface area contributed by atoms with Crippen LogP contribution in [0.5, 0.6) is 5.75 Å². The largest absolute Gasteiger partial charge is 0.491 e. The Morgan fingerprint density at radius 3 is 2.68 bits per heavy atom. The van der Waals surface area contributed by atoms with Gasteiger partial charge in [0.1, 0.15) is 5.75 Å². The summed E-state index contributed by atoms with van der Waals surface area (Å²) in [5.41, 5.74) is -0.588. The van der Waals surface area contributed by atoms with Gasteiger partial charge in [0.25, 0.3) is 0 Å². The fourth-order valence-electron chi connectivity index (χ4n) is 2.60. The molecule has 0 saturated carbocycles.